The Morgan fingerprint density at radius 1 is 1.21 bits per heavy atom. The Kier molecular flexibility index (Phi) is 6.64. The van der Waals surface area contributed by atoms with Gasteiger partial charge in [0.1, 0.15) is 17.1 Å². The number of rotatable bonds is 5. The molecular formula is C22H23ClFN5O4. The van der Waals surface area contributed by atoms with E-state index in [-0.39, 0.29) is 24.9 Å². The summed E-state index contributed by atoms with van der Waals surface area (Å²) in [6.07, 6.45) is 0.367. The fourth-order valence-electron chi connectivity index (χ4n) is 3.85. The molecule has 1 N–H and O–H groups in total. The predicted octanol–water partition coefficient (Wildman–Crippen LogP) is 2.30. The number of cyclic esters (lactones) is 1. The second-order valence-electron chi connectivity index (χ2n) is 7.84. The lowest BCUT2D eigenvalue weighted by atomic mass is 10.2. The smallest absolute Gasteiger partial charge is 0.414 e. The second kappa shape index (κ2) is 9.62. The molecule has 1 aromatic carbocycles. The molecule has 0 radical (unpaired) electrons. The van der Waals surface area contributed by atoms with Crippen molar-refractivity contribution < 1.29 is 23.5 Å². The van der Waals surface area contributed by atoms with E-state index in [9.17, 15) is 18.8 Å². The average Bonchev–Trinajstić information content (AvgIpc) is 3.18. The first-order chi connectivity index (χ1) is 15.8. The van der Waals surface area contributed by atoms with Gasteiger partial charge in [-0.05, 0) is 30.3 Å². The number of pyridine rings is 1. The highest BCUT2D eigenvalue weighted by Crippen LogP contribution is 2.28. The molecule has 2 aliphatic heterocycles. The zero-order chi connectivity index (χ0) is 23.5. The van der Waals surface area contributed by atoms with Crippen molar-refractivity contribution in [3.05, 3.63) is 53.1 Å². The third-order valence-electron chi connectivity index (χ3n) is 5.58. The summed E-state index contributed by atoms with van der Waals surface area (Å²) in [6, 6.07) is 7.79. The number of ether oxygens (including phenoxy) is 1. The summed E-state index contributed by atoms with van der Waals surface area (Å²) < 4.78 is 20.2. The predicted molar refractivity (Wildman–Crippen MR) is 120 cm³/mol. The maximum atomic E-state index is 14.9. The van der Waals surface area contributed by atoms with Gasteiger partial charge < -0.3 is 19.9 Å². The van der Waals surface area contributed by atoms with Gasteiger partial charge in [0.25, 0.3) is 5.91 Å². The van der Waals surface area contributed by atoms with Crippen molar-refractivity contribution in [1.29, 1.82) is 0 Å². The van der Waals surface area contributed by atoms with Gasteiger partial charge in [-0.15, -0.1) is 0 Å². The number of hydrogen-bond donors (Lipinski definition) is 1. The van der Waals surface area contributed by atoms with Gasteiger partial charge >= 0.3 is 6.09 Å². The molecule has 11 heteroatoms. The first kappa shape index (κ1) is 22.8. The molecule has 1 aromatic heterocycles. The Bertz CT molecular complexity index is 1060. The maximum Gasteiger partial charge on any atom is 0.414 e. The van der Waals surface area contributed by atoms with Crippen molar-refractivity contribution in [1.82, 2.24) is 15.2 Å². The van der Waals surface area contributed by atoms with Crippen molar-refractivity contribution in [2.45, 2.75) is 13.0 Å². The number of halogens is 2. The van der Waals surface area contributed by atoms with Gasteiger partial charge in [0.2, 0.25) is 5.91 Å². The Hall–Kier alpha value is -3.40. The van der Waals surface area contributed by atoms with Gasteiger partial charge in [-0.1, -0.05) is 11.6 Å². The standard InChI is InChI=1S/C22H23ClFN5O4/c1-14(30)25-12-17-13-29(22(32)33-17)16-3-4-19(18(24)10-16)27-6-8-28(9-7-27)21(31)15-2-5-20(23)26-11-15/h2-5,10-11,17H,6-9,12-13H2,1H3,(H,25,30)/t17-/m0/s1. The lowest BCUT2D eigenvalue weighted by Crippen LogP contribution is -2.49. The highest BCUT2D eigenvalue weighted by Gasteiger charge is 2.33. The Morgan fingerprint density at radius 3 is 2.61 bits per heavy atom. The summed E-state index contributed by atoms with van der Waals surface area (Å²) in [7, 11) is 0. The molecule has 2 saturated heterocycles. The quantitative estimate of drug-likeness (QED) is 0.667. The summed E-state index contributed by atoms with van der Waals surface area (Å²) >= 11 is 5.78. The van der Waals surface area contributed by atoms with Crippen molar-refractivity contribution >= 4 is 40.9 Å². The molecule has 0 spiro atoms. The summed E-state index contributed by atoms with van der Waals surface area (Å²) in [5, 5.41) is 2.93. The molecule has 33 heavy (non-hydrogen) atoms. The third-order valence-corrected chi connectivity index (χ3v) is 5.80. The first-order valence-corrected chi connectivity index (χ1v) is 10.9. The second-order valence-corrected chi connectivity index (χ2v) is 8.23. The number of anilines is 2. The van der Waals surface area contributed by atoms with Crippen LogP contribution in [-0.2, 0) is 9.53 Å². The van der Waals surface area contributed by atoms with Gasteiger partial charge in [-0.2, -0.15) is 0 Å². The van der Waals surface area contributed by atoms with E-state index in [4.69, 9.17) is 16.3 Å². The van der Waals surface area contributed by atoms with Crippen molar-refractivity contribution in [3.63, 3.8) is 0 Å². The fraction of sp³-hybridized carbons (Fsp3) is 0.364. The molecule has 3 amide bonds. The van der Waals surface area contributed by atoms with Crippen LogP contribution in [0.15, 0.2) is 36.5 Å². The van der Waals surface area contributed by atoms with E-state index in [1.807, 2.05) is 4.90 Å². The van der Waals surface area contributed by atoms with Gasteiger partial charge in [-0.25, -0.2) is 14.2 Å². The molecule has 2 aromatic rings. The Morgan fingerprint density at radius 2 is 1.97 bits per heavy atom. The van der Waals surface area contributed by atoms with Gasteiger partial charge in [0, 0.05) is 39.3 Å². The zero-order valence-electron chi connectivity index (χ0n) is 18.0. The molecule has 0 bridgehead atoms. The van der Waals surface area contributed by atoms with Crippen LogP contribution in [0.25, 0.3) is 0 Å². The minimum atomic E-state index is -0.582. The summed E-state index contributed by atoms with van der Waals surface area (Å²) in [6.45, 7) is 3.61. The fourth-order valence-corrected chi connectivity index (χ4v) is 3.96. The molecular weight excluding hydrogens is 453 g/mol. The molecule has 174 valence electrons. The van der Waals surface area contributed by atoms with Gasteiger partial charge in [0.05, 0.1) is 30.0 Å². The van der Waals surface area contributed by atoms with Crippen molar-refractivity contribution in [3.8, 4) is 0 Å². The number of nitrogens with one attached hydrogen (secondary N) is 1. The van der Waals surface area contributed by atoms with Crippen LogP contribution in [0.2, 0.25) is 5.15 Å². The highest BCUT2D eigenvalue weighted by molar-refractivity contribution is 6.29. The summed E-state index contributed by atoms with van der Waals surface area (Å²) in [4.78, 5) is 44.7. The first-order valence-electron chi connectivity index (χ1n) is 10.5. The molecule has 2 aliphatic rings. The van der Waals surface area contributed by atoms with Crippen molar-refractivity contribution in [2.75, 3.05) is 49.1 Å². The van der Waals surface area contributed by atoms with Crippen LogP contribution in [0.3, 0.4) is 0 Å². The lowest BCUT2D eigenvalue weighted by Gasteiger charge is -2.36. The largest absolute Gasteiger partial charge is 0.442 e. The summed E-state index contributed by atoms with van der Waals surface area (Å²) in [5.74, 6) is -0.824. The van der Waals surface area contributed by atoms with Crippen LogP contribution >= 0.6 is 11.6 Å². The molecule has 0 unspecified atom stereocenters. The van der Waals surface area contributed by atoms with Crippen LogP contribution in [0.5, 0.6) is 0 Å². The van der Waals surface area contributed by atoms with E-state index in [0.29, 0.717) is 48.3 Å². The molecule has 2 fully saturated rings. The molecule has 0 saturated carbocycles. The minimum Gasteiger partial charge on any atom is -0.442 e. The van der Waals surface area contributed by atoms with E-state index in [0.717, 1.165) is 0 Å². The van der Waals surface area contributed by atoms with E-state index in [1.165, 1.54) is 24.1 Å². The molecule has 9 nitrogen and oxygen atoms in total. The summed E-state index contributed by atoms with van der Waals surface area (Å²) in [5.41, 5.74) is 1.25. The average molecular weight is 476 g/mol. The van der Waals surface area contributed by atoms with Crippen molar-refractivity contribution in [2.24, 2.45) is 0 Å². The number of aromatic nitrogens is 1. The highest BCUT2D eigenvalue weighted by atomic mass is 35.5. The minimum absolute atomic E-state index is 0.143. The topological polar surface area (TPSA) is 95.1 Å². The number of carbonyl (C=O) groups excluding carboxylic acids is 3. The Balaban J connectivity index is 1.37. The monoisotopic (exact) mass is 475 g/mol. The number of nitrogens with zero attached hydrogens (tertiary/aromatic N) is 4. The molecule has 1 atom stereocenters. The van der Waals surface area contributed by atoms with E-state index >= 15 is 0 Å². The van der Waals surface area contributed by atoms with Crippen LogP contribution in [0.4, 0.5) is 20.6 Å². The number of carbonyl (C=O) groups is 3. The van der Waals surface area contributed by atoms with Crippen LogP contribution in [-0.4, -0.2) is 73.2 Å². The molecule has 3 heterocycles. The van der Waals surface area contributed by atoms with E-state index in [1.54, 1.807) is 29.2 Å². The maximum absolute atomic E-state index is 14.9. The molecule has 4 rings (SSSR count). The normalized spacial score (nSPS) is 18.3. The van der Waals surface area contributed by atoms with Crippen LogP contribution in [0, 0.1) is 5.82 Å². The number of amides is 3. The van der Waals surface area contributed by atoms with Gasteiger partial charge in [-0.3, -0.25) is 14.5 Å². The van der Waals surface area contributed by atoms with Crippen LogP contribution in [0.1, 0.15) is 17.3 Å². The lowest BCUT2D eigenvalue weighted by molar-refractivity contribution is -0.119. The van der Waals surface area contributed by atoms with Gasteiger partial charge in [0.15, 0.2) is 0 Å². The zero-order valence-corrected chi connectivity index (χ0v) is 18.7. The number of hydrogen-bond acceptors (Lipinski definition) is 6. The SMILES string of the molecule is CC(=O)NC[C@H]1CN(c2ccc(N3CCN(C(=O)c4ccc(Cl)nc4)CC3)c(F)c2)C(=O)O1. The Labute approximate surface area is 195 Å². The van der Waals surface area contributed by atoms with E-state index in [2.05, 4.69) is 10.3 Å². The third kappa shape index (κ3) is 5.16. The molecule has 0 aliphatic carbocycles. The van der Waals surface area contributed by atoms with Crippen LogP contribution < -0.4 is 15.1 Å². The number of piperazine rings is 1. The van der Waals surface area contributed by atoms with E-state index < -0.39 is 18.0 Å². The number of benzene rings is 1.